The summed E-state index contributed by atoms with van der Waals surface area (Å²) in [5.41, 5.74) is -0.775. The van der Waals surface area contributed by atoms with Gasteiger partial charge in [-0.2, -0.15) is 0 Å². The molecule has 4 nitrogen and oxygen atoms in total. The minimum Gasteiger partial charge on any atom is -0.481 e. The molecular weight excluding hydrogens is 208 g/mol. The molecule has 0 heterocycles. The summed E-state index contributed by atoms with van der Waals surface area (Å²) in [6.45, 7) is 1.39. The standard InChI is InChI=1S/C12H10O4/c1-12(6-9(13)14)10(15)7-4-2-3-5-8(7)11(12)16/h2-5H,6H2,1H3,(H,13,14). The molecular formula is C12H10O4. The summed E-state index contributed by atoms with van der Waals surface area (Å²) >= 11 is 0. The van der Waals surface area contributed by atoms with Crippen molar-refractivity contribution in [3.63, 3.8) is 0 Å². The Morgan fingerprint density at radius 2 is 1.62 bits per heavy atom. The molecule has 0 radical (unpaired) electrons. The Morgan fingerprint density at radius 1 is 1.19 bits per heavy atom. The fourth-order valence-electron chi connectivity index (χ4n) is 2.04. The maximum atomic E-state index is 12.0. The Hall–Kier alpha value is -1.97. The van der Waals surface area contributed by atoms with Crippen molar-refractivity contribution in [2.45, 2.75) is 13.3 Å². The van der Waals surface area contributed by atoms with E-state index in [0.29, 0.717) is 11.1 Å². The summed E-state index contributed by atoms with van der Waals surface area (Å²) < 4.78 is 0. The maximum Gasteiger partial charge on any atom is 0.304 e. The summed E-state index contributed by atoms with van der Waals surface area (Å²) in [6, 6.07) is 6.44. The smallest absolute Gasteiger partial charge is 0.304 e. The van der Waals surface area contributed by atoms with Crippen molar-refractivity contribution in [2.75, 3.05) is 0 Å². The lowest BCUT2D eigenvalue weighted by molar-refractivity contribution is -0.138. The van der Waals surface area contributed by atoms with Crippen LogP contribution in [-0.2, 0) is 4.79 Å². The van der Waals surface area contributed by atoms with Crippen molar-refractivity contribution in [1.82, 2.24) is 0 Å². The normalized spacial score (nSPS) is 17.3. The fourth-order valence-corrected chi connectivity index (χ4v) is 2.04. The van der Waals surface area contributed by atoms with Gasteiger partial charge in [-0.1, -0.05) is 24.3 Å². The second-order valence-electron chi connectivity index (χ2n) is 4.11. The molecule has 0 atom stereocenters. The molecule has 0 bridgehead atoms. The van der Waals surface area contributed by atoms with Crippen molar-refractivity contribution in [3.8, 4) is 0 Å². The maximum absolute atomic E-state index is 12.0. The molecule has 0 unspecified atom stereocenters. The molecule has 4 heteroatoms. The third-order valence-electron chi connectivity index (χ3n) is 2.92. The van der Waals surface area contributed by atoms with Crippen LogP contribution in [0.25, 0.3) is 0 Å². The largest absolute Gasteiger partial charge is 0.481 e. The number of ketones is 2. The molecule has 1 aliphatic carbocycles. The average Bonchev–Trinajstić information content (AvgIpc) is 2.42. The van der Waals surface area contributed by atoms with Crippen LogP contribution in [0.5, 0.6) is 0 Å². The molecule has 1 aromatic carbocycles. The van der Waals surface area contributed by atoms with E-state index in [4.69, 9.17) is 5.11 Å². The Balaban J connectivity index is 2.53. The van der Waals surface area contributed by atoms with E-state index in [1.807, 2.05) is 0 Å². The number of carbonyl (C=O) groups is 3. The predicted octanol–water partition coefficient (Wildman–Crippen LogP) is 1.55. The number of rotatable bonds is 2. The number of aliphatic carboxylic acids is 1. The number of hydrogen-bond donors (Lipinski definition) is 1. The Morgan fingerprint density at radius 3 is 2.00 bits per heavy atom. The molecule has 0 aromatic heterocycles. The Bertz CT molecular complexity index is 466. The van der Waals surface area contributed by atoms with Crippen molar-refractivity contribution in [3.05, 3.63) is 35.4 Å². The van der Waals surface area contributed by atoms with Crippen molar-refractivity contribution < 1.29 is 19.5 Å². The first-order chi connectivity index (χ1) is 7.47. The summed E-state index contributed by atoms with van der Waals surface area (Å²) in [4.78, 5) is 34.7. The van der Waals surface area contributed by atoms with Gasteiger partial charge in [0.05, 0.1) is 6.42 Å². The molecule has 2 rings (SSSR count). The molecule has 0 aliphatic heterocycles. The molecule has 1 aliphatic rings. The number of Topliss-reactive ketones (excluding diaryl/α,β-unsaturated/α-hetero) is 2. The lowest BCUT2D eigenvalue weighted by Gasteiger charge is -2.16. The lowest BCUT2D eigenvalue weighted by Crippen LogP contribution is -2.32. The van der Waals surface area contributed by atoms with Gasteiger partial charge in [0, 0.05) is 11.1 Å². The van der Waals surface area contributed by atoms with Gasteiger partial charge >= 0.3 is 5.97 Å². The van der Waals surface area contributed by atoms with E-state index >= 15 is 0 Å². The van der Waals surface area contributed by atoms with Gasteiger partial charge in [0.25, 0.3) is 0 Å². The van der Waals surface area contributed by atoms with E-state index in [2.05, 4.69) is 0 Å². The second kappa shape index (κ2) is 3.27. The zero-order chi connectivity index (χ0) is 11.9. The first kappa shape index (κ1) is 10.5. The fraction of sp³-hybridized carbons (Fsp3) is 0.250. The quantitative estimate of drug-likeness (QED) is 0.764. The minimum absolute atomic E-state index is 0.330. The van der Waals surface area contributed by atoms with E-state index in [-0.39, 0.29) is 0 Å². The van der Waals surface area contributed by atoms with Crippen LogP contribution >= 0.6 is 0 Å². The molecule has 0 saturated carbocycles. The topological polar surface area (TPSA) is 71.4 Å². The Kier molecular flexibility index (Phi) is 2.15. The number of fused-ring (bicyclic) bond motifs is 1. The molecule has 0 spiro atoms. The van der Waals surface area contributed by atoms with Gasteiger partial charge in [0.1, 0.15) is 5.41 Å². The third-order valence-corrected chi connectivity index (χ3v) is 2.92. The lowest BCUT2D eigenvalue weighted by atomic mass is 9.82. The van der Waals surface area contributed by atoms with Gasteiger partial charge < -0.3 is 5.11 Å². The summed E-state index contributed by atoms with van der Waals surface area (Å²) in [7, 11) is 0. The van der Waals surface area contributed by atoms with Crippen LogP contribution < -0.4 is 0 Å². The van der Waals surface area contributed by atoms with Crippen LogP contribution in [0.4, 0.5) is 0 Å². The number of benzene rings is 1. The van der Waals surface area contributed by atoms with Crippen LogP contribution in [0, 0.1) is 5.41 Å². The van der Waals surface area contributed by atoms with Gasteiger partial charge in [0.15, 0.2) is 11.6 Å². The number of hydrogen-bond acceptors (Lipinski definition) is 3. The van der Waals surface area contributed by atoms with Crippen LogP contribution in [0.2, 0.25) is 0 Å². The summed E-state index contributed by atoms with van der Waals surface area (Å²) in [5.74, 6) is -1.93. The molecule has 0 saturated heterocycles. The second-order valence-corrected chi connectivity index (χ2v) is 4.11. The van der Waals surface area contributed by atoms with Crippen LogP contribution in [0.1, 0.15) is 34.1 Å². The summed E-state index contributed by atoms with van der Waals surface area (Å²) in [5, 5.41) is 8.75. The zero-order valence-corrected chi connectivity index (χ0v) is 8.69. The van der Waals surface area contributed by atoms with Gasteiger partial charge in [0.2, 0.25) is 0 Å². The van der Waals surface area contributed by atoms with E-state index in [9.17, 15) is 14.4 Å². The van der Waals surface area contributed by atoms with E-state index in [1.54, 1.807) is 24.3 Å². The minimum atomic E-state index is -1.44. The van der Waals surface area contributed by atoms with Crippen LogP contribution in [0.3, 0.4) is 0 Å². The molecule has 16 heavy (non-hydrogen) atoms. The third kappa shape index (κ3) is 1.26. The van der Waals surface area contributed by atoms with Gasteiger partial charge in [-0.25, -0.2) is 0 Å². The zero-order valence-electron chi connectivity index (χ0n) is 8.69. The van der Waals surface area contributed by atoms with Gasteiger partial charge in [-0.05, 0) is 6.92 Å². The molecule has 0 amide bonds. The predicted molar refractivity (Wildman–Crippen MR) is 55.5 cm³/mol. The van der Waals surface area contributed by atoms with Crippen LogP contribution in [0.15, 0.2) is 24.3 Å². The van der Waals surface area contributed by atoms with Crippen molar-refractivity contribution in [1.29, 1.82) is 0 Å². The van der Waals surface area contributed by atoms with Crippen molar-refractivity contribution in [2.24, 2.45) is 5.41 Å². The molecule has 1 aromatic rings. The van der Waals surface area contributed by atoms with Gasteiger partial charge in [-0.3, -0.25) is 14.4 Å². The van der Waals surface area contributed by atoms with Crippen LogP contribution in [-0.4, -0.2) is 22.6 Å². The highest BCUT2D eigenvalue weighted by atomic mass is 16.4. The van der Waals surface area contributed by atoms with Crippen molar-refractivity contribution >= 4 is 17.5 Å². The van der Waals surface area contributed by atoms with E-state index < -0.39 is 29.4 Å². The summed E-state index contributed by atoms with van der Waals surface area (Å²) in [6.07, 6.45) is -0.459. The number of carboxylic acids is 1. The average molecular weight is 218 g/mol. The molecule has 82 valence electrons. The first-order valence-electron chi connectivity index (χ1n) is 4.87. The Labute approximate surface area is 91.9 Å². The molecule has 1 N–H and O–H groups in total. The number of carboxylic acid groups (broad SMARTS) is 1. The number of carbonyl (C=O) groups excluding carboxylic acids is 2. The first-order valence-corrected chi connectivity index (χ1v) is 4.87. The highest BCUT2D eigenvalue weighted by molar-refractivity contribution is 6.30. The van der Waals surface area contributed by atoms with Gasteiger partial charge in [-0.15, -0.1) is 0 Å². The van der Waals surface area contributed by atoms with E-state index in [1.165, 1.54) is 6.92 Å². The highest BCUT2D eigenvalue weighted by Crippen LogP contribution is 2.38. The highest BCUT2D eigenvalue weighted by Gasteiger charge is 2.50. The monoisotopic (exact) mass is 218 g/mol. The van der Waals surface area contributed by atoms with E-state index in [0.717, 1.165) is 0 Å². The molecule has 0 fully saturated rings. The SMILES string of the molecule is CC1(CC(=O)O)C(=O)c2ccccc2C1=O.